The van der Waals surface area contributed by atoms with Gasteiger partial charge < -0.3 is 9.47 Å². The lowest BCUT2D eigenvalue weighted by Crippen LogP contribution is -2.24. The van der Waals surface area contributed by atoms with Crippen LogP contribution in [-0.2, 0) is 0 Å². The molecule has 3 aromatic rings. The van der Waals surface area contributed by atoms with Gasteiger partial charge in [-0.05, 0) is 36.4 Å². The molecule has 0 spiro atoms. The predicted octanol–water partition coefficient (Wildman–Crippen LogP) is 2.04. The van der Waals surface area contributed by atoms with Crippen molar-refractivity contribution in [1.29, 1.82) is 0 Å². The largest absolute Gasteiger partial charge is 0.457 e. The summed E-state index contributed by atoms with van der Waals surface area (Å²) in [6, 6.07) is 15.8. The first kappa shape index (κ1) is 13.6. The van der Waals surface area contributed by atoms with Gasteiger partial charge >= 0.3 is 17.4 Å². The highest BCUT2D eigenvalue weighted by Gasteiger charge is 2.03. The topological polar surface area (TPSA) is 97.1 Å². The Labute approximate surface area is 124 Å². The molecule has 110 valence electrons. The van der Waals surface area contributed by atoms with E-state index in [-0.39, 0.29) is 6.01 Å². The molecule has 0 amide bonds. The van der Waals surface area contributed by atoms with E-state index < -0.39 is 11.4 Å². The Kier molecular flexibility index (Phi) is 3.69. The van der Waals surface area contributed by atoms with Gasteiger partial charge in [0.2, 0.25) is 0 Å². The summed E-state index contributed by atoms with van der Waals surface area (Å²) >= 11 is 0. The van der Waals surface area contributed by atoms with Crippen molar-refractivity contribution in [3.8, 4) is 23.3 Å². The van der Waals surface area contributed by atoms with E-state index in [1.165, 1.54) is 0 Å². The molecule has 7 nitrogen and oxygen atoms in total. The molecular weight excluding hydrogens is 286 g/mol. The van der Waals surface area contributed by atoms with Crippen molar-refractivity contribution < 1.29 is 9.47 Å². The molecule has 1 heterocycles. The maximum Gasteiger partial charge on any atom is 0.353 e. The summed E-state index contributed by atoms with van der Waals surface area (Å²) in [7, 11) is 0. The van der Waals surface area contributed by atoms with Gasteiger partial charge in [-0.25, -0.2) is 9.59 Å². The highest BCUT2D eigenvalue weighted by atomic mass is 16.5. The van der Waals surface area contributed by atoms with Crippen LogP contribution in [0, 0.1) is 0 Å². The van der Waals surface area contributed by atoms with E-state index in [0.717, 1.165) is 5.75 Å². The standard InChI is InChI=1S/C15H11N3O4/c19-13-16-14(20)18-15(17-13)22-12-8-6-11(7-9-12)21-10-4-2-1-3-5-10/h1-9H,(H2,16,17,18,19,20). The molecule has 0 fully saturated rings. The number of para-hydroxylation sites is 1. The van der Waals surface area contributed by atoms with Gasteiger partial charge in [0.05, 0.1) is 0 Å². The molecule has 0 saturated heterocycles. The quantitative estimate of drug-likeness (QED) is 0.768. The van der Waals surface area contributed by atoms with Crippen molar-refractivity contribution in [2.75, 3.05) is 0 Å². The molecule has 22 heavy (non-hydrogen) atoms. The summed E-state index contributed by atoms with van der Waals surface area (Å²) in [6.45, 7) is 0. The van der Waals surface area contributed by atoms with Crippen LogP contribution in [-0.4, -0.2) is 15.0 Å². The maximum atomic E-state index is 11.1. The normalized spacial score (nSPS) is 10.2. The molecule has 1 aromatic heterocycles. The smallest absolute Gasteiger partial charge is 0.353 e. The highest BCUT2D eigenvalue weighted by Crippen LogP contribution is 2.24. The average molecular weight is 297 g/mol. The summed E-state index contributed by atoms with van der Waals surface area (Å²) in [5, 5.41) is 0. The van der Waals surface area contributed by atoms with E-state index in [1.807, 2.05) is 35.3 Å². The number of hydrogen-bond acceptors (Lipinski definition) is 5. The van der Waals surface area contributed by atoms with E-state index in [4.69, 9.17) is 9.47 Å². The first-order valence-corrected chi connectivity index (χ1v) is 6.40. The minimum atomic E-state index is -0.775. The summed E-state index contributed by atoms with van der Waals surface area (Å²) in [6.07, 6.45) is 0. The number of aromatic nitrogens is 3. The third kappa shape index (κ3) is 3.40. The highest BCUT2D eigenvalue weighted by molar-refractivity contribution is 5.36. The lowest BCUT2D eigenvalue weighted by atomic mass is 10.3. The van der Waals surface area contributed by atoms with Crippen LogP contribution in [0.2, 0.25) is 0 Å². The lowest BCUT2D eigenvalue weighted by molar-refractivity contribution is 0.431. The molecule has 0 atom stereocenters. The van der Waals surface area contributed by atoms with Crippen molar-refractivity contribution in [2.24, 2.45) is 0 Å². The number of ether oxygens (including phenoxy) is 2. The van der Waals surface area contributed by atoms with Gasteiger partial charge in [0, 0.05) is 0 Å². The molecule has 2 N–H and O–H groups in total. The second kappa shape index (κ2) is 5.96. The lowest BCUT2D eigenvalue weighted by Gasteiger charge is -2.07. The minimum Gasteiger partial charge on any atom is -0.457 e. The van der Waals surface area contributed by atoms with Gasteiger partial charge in [-0.1, -0.05) is 18.2 Å². The summed E-state index contributed by atoms with van der Waals surface area (Å²) in [5.41, 5.74) is -1.46. The van der Waals surface area contributed by atoms with Gasteiger partial charge in [-0.15, -0.1) is 4.98 Å². The molecule has 7 heteroatoms. The number of benzene rings is 2. The number of rotatable bonds is 4. The van der Waals surface area contributed by atoms with Crippen LogP contribution in [0.25, 0.3) is 0 Å². The average Bonchev–Trinajstić information content (AvgIpc) is 2.49. The van der Waals surface area contributed by atoms with Crippen molar-refractivity contribution in [3.63, 3.8) is 0 Å². The maximum absolute atomic E-state index is 11.1. The van der Waals surface area contributed by atoms with E-state index in [1.54, 1.807) is 24.3 Å². The second-order valence-corrected chi connectivity index (χ2v) is 4.29. The van der Waals surface area contributed by atoms with Gasteiger partial charge in [0.1, 0.15) is 17.2 Å². The second-order valence-electron chi connectivity index (χ2n) is 4.29. The van der Waals surface area contributed by atoms with E-state index in [0.29, 0.717) is 11.5 Å². The molecule has 0 saturated carbocycles. The monoisotopic (exact) mass is 297 g/mol. The molecule has 0 aliphatic carbocycles. The zero-order chi connectivity index (χ0) is 15.4. The van der Waals surface area contributed by atoms with E-state index in [2.05, 4.69) is 9.97 Å². The Morgan fingerprint density at radius 1 is 0.727 bits per heavy atom. The first-order valence-electron chi connectivity index (χ1n) is 6.40. The van der Waals surface area contributed by atoms with Gasteiger partial charge in [0.15, 0.2) is 0 Å². The number of nitrogens with zero attached hydrogens (tertiary/aromatic N) is 1. The Hall–Kier alpha value is -3.35. The summed E-state index contributed by atoms with van der Waals surface area (Å²) < 4.78 is 10.9. The molecule has 0 unspecified atom stereocenters. The van der Waals surface area contributed by atoms with Crippen LogP contribution in [0.4, 0.5) is 0 Å². The molecule has 0 aliphatic heterocycles. The Bertz CT molecular complexity index is 841. The van der Waals surface area contributed by atoms with E-state index >= 15 is 0 Å². The summed E-state index contributed by atoms with van der Waals surface area (Å²) in [4.78, 5) is 29.9. The zero-order valence-corrected chi connectivity index (χ0v) is 11.3. The molecule has 0 radical (unpaired) electrons. The predicted molar refractivity (Wildman–Crippen MR) is 78.5 cm³/mol. The minimum absolute atomic E-state index is 0.175. The van der Waals surface area contributed by atoms with Gasteiger partial charge in [-0.3, -0.25) is 9.97 Å². The SMILES string of the molecule is O=c1nc(Oc2ccc(Oc3ccccc3)cc2)[nH]c(=O)[nH]1. The van der Waals surface area contributed by atoms with Crippen LogP contribution in [0.5, 0.6) is 23.3 Å². The molecule has 0 bridgehead atoms. The third-order valence-corrected chi connectivity index (χ3v) is 2.66. The molecule has 2 aromatic carbocycles. The fourth-order valence-corrected chi connectivity index (χ4v) is 1.73. The Morgan fingerprint density at radius 3 is 1.95 bits per heavy atom. The molecule has 3 rings (SSSR count). The third-order valence-electron chi connectivity index (χ3n) is 2.66. The Balaban J connectivity index is 1.74. The summed E-state index contributed by atoms with van der Waals surface area (Å²) in [5.74, 6) is 1.76. The van der Waals surface area contributed by atoms with Crippen molar-refractivity contribution >= 4 is 0 Å². The van der Waals surface area contributed by atoms with E-state index in [9.17, 15) is 9.59 Å². The Morgan fingerprint density at radius 2 is 1.32 bits per heavy atom. The van der Waals surface area contributed by atoms with Crippen LogP contribution in [0.1, 0.15) is 0 Å². The van der Waals surface area contributed by atoms with Crippen LogP contribution >= 0.6 is 0 Å². The van der Waals surface area contributed by atoms with Crippen molar-refractivity contribution in [2.45, 2.75) is 0 Å². The number of aromatic amines is 2. The van der Waals surface area contributed by atoms with Crippen molar-refractivity contribution in [3.05, 3.63) is 75.6 Å². The molecule has 0 aliphatic rings. The fourth-order valence-electron chi connectivity index (χ4n) is 1.73. The molecular formula is C15H11N3O4. The van der Waals surface area contributed by atoms with Gasteiger partial charge in [0.25, 0.3) is 0 Å². The first-order chi connectivity index (χ1) is 10.7. The van der Waals surface area contributed by atoms with Crippen LogP contribution in [0.15, 0.2) is 64.2 Å². The number of nitrogens with one attached hydrogen (secondary N) is 2. The van der Waals surface area contributed by atoms with Crippen LogP contribution < -0.4 is 20.9 Å². The number of hydrogen-bond donors (Lipinski definition) is 2. The van der Waals surface area contributed by atoms with Crippen molar-refractivity contribution in [1.82, 2.24) is 15.0 Å². The number of H-pyrrole nitrogens is 2. The van der Waals surface area contributed by atoms with Crippen LogP contribution in [0.3, 0.4) is 0 Å². The zero-order valence-electron chi connectivity index (χ0n) is 11.3. The fraction of sp³-hybridized carbons (Fsp3) is 0. The van der Waals surface area contributed by atoms with Gasteiger partial charge in [-0.2, -0.15) is 0 Å².